The Labute approximate surface area is 165 Å². The average molecular weight is 459 g/mol. The van der Waals surface area contributed by atoms with Gasteiger partial charge in [-0.1, -0.05) is 19.1 Å². The van der Waals surface area contributed by atoms with E-state index in [4.69, 9.17) is 4.74 Å². The molecule has 0 fully saturated rings. The summed E-state index contributed by atoms with van der Waals surface area (Å²) in [5, 5.41) is 11.1. The number of aliphatic imine (C=N–C) groups is 1. The minimum absolute atomic E-state index is 0. The first kappa shape index (κ1) is 20.8. The molecule has 1 heterocycles. The van der Waals surface area contributed by atoms with E-state index in [2.05, 4.69) is 51.5 Å². The molecule has 0 aliphatic heterocycles. The van der Waals surface area contributed by atoms with Gasteiger partial charge in [0.1, 0.15) is 5.75 Å². The highest BCUT2D eigenvalue weighted by Crippen LogP contribution is 2.17. The third kappa shape index (κ3) is 6.68. The predicted octanol–water partition coefficient (Wildman–Crippen LogP) is 3.89. The molecule has 0 saturated heterocycles. The number of hydrogen-bond acceptors (Lipinski definition) is 3. The van der Waals surface area contributed by atoms with Gasteiger partial charge >= 0.3 is 0 Å². The largest absolute Gasteiger partial charge is 0.497 e. The van der Waals surface area contributed by atoms with Gasteiger partial charge in [-0.15, -0.1) is 24.0 Å². The van der Waals surface area contributed by atoms with Crippen molar-refractivity contribution in [2.75, 3.05) is 27.2 Å². The molecule has 0 radical (unpaired) electrons. The number of halogens is 1. The molecule has 132 valence electrons. The summed E-state index contributed by atoms with van der Waals surface area (Å²) in [6.07, 6.45) is 0.929. The van der Waals surface area contributed by atoms with Crippen LogP contribution in [0.3, 0.4) is 0 Å². The van der Waals surface area contributed by atoms with E-state index in [1.165, 1.54) is 11.1 Å². The van der Waals surface area contributed by atoms with Crippen LogP contribution in [-0.4, -0.2) is 33.2 Å². The van der Waals surface area contributed by atoms with Gasteiger partial charge < -0.3 is 15.4 Å². The van der Waals surface area contributed by atoms with Gasteiger partial charge in [0.05, 0.1) is 7.11 Å². The van der Waals surface area contributed by atoms with Crippen molar-refractivity contribution in [3.63, 3.8) is 0 Å². The number of nitrogens with one attached hydrogen (secondary N) is 2. The number of rotatable bonds is 7. The fourth-order valence-electron chi connectivity index (χ4n) is 2.30. The molecule has 1 aromatic carbocycles. The Balaban J connectivity index is 0.00000288. The number of nitrogens with zero attached hydrogens (tertiary/aromatic N) is 1. The SMILES string of the molecule is CN=C(NCCc1cccc(OC)c1)NCC(C)c1ccsc1.I. The van der Waals surface area contributed by atoms with Gasteiger partial charge in [0, 0.05) is 20.1 Å². The van der Waals surface area contributed by atoms with Crippen molar-refractivity contribution >= 4 is 41.3 Å². The van der Waals surface area contributed by atoms with Crippen LogP contribution >= 0.6 is 35.3 Å². The molecule has 2 rings (SSSR count). The second kappa shape index (κ2) is 11.3. The lowest BCUT2D eigenvalue weighted by atomic mass is 10.1. The molecule has 2 N–H and O–H groups in total. The lowest BCUT2D eigenvalue weighted by molar-refractivity contribution is 0.414. The lowest BCUT2D eigenvalue weighted by Gasteiger charge is -2.15. The van der Waals surface area contributed by atoms with Crippen molar-refractivity contribution in [3.8, 4) is 5.75 Å². The molecular weight excluding hydrogens is 433 g/mol. The molecule has 0 bridgehead atoms. The minimum atomic E-state index is 0. The molecule has 24 heavy (non-hydrogen) atoms. The zero-order valence-corrected chi connectivity index (χ0v) is 17.6. The molecule has 0 aliphatic rings. The van der Waals surface area contributed by atoms with Gasteiger partial charge in [-0.3, -0.25) is 4.99 Å². The van der Waals surface area contributed by atoms with Crippen molar-refractivity contribution in [1.82, 2.24) is 10.6 Å². The highest BCUT2D eigenvalue weighted by atomic mass is 127. The maximum atomic E-state index is 5.25. The predicted molar refractivity (Wildman–Crippen MR) is 114 cm³/mol. The van der Waals surface area contributed by atoms with Crippen LogP contribution in [0.4, 0.5) is 0 Å². The molecule has 4 nitrogen and oxygen atoms in total. The van der Waals surface area contributed by atoms with Crippen LogP contribution in [0, 0.1) is 0 Å². The standard InChI is InChI=1S/C18H25N3OS.HI/c1-14(16-8-10-23-13-16)12-21-18(19-2)20-9-7-15-5-4-6-17(11-15)22-3;/h4-6,8,10-11,13-14H,7,9,12H2,1-3H3,(H2,19,20,21);1H. The maximum absolute atomic E-state index is 5.25. The summed E-state index contributed by atoms with van der Waals surface area (Å²) in [5.74, 6) is 2.21. The topological polar surface area (TPSA) is 45.7 Å². The van der Waals surface area contributed by atoms with Crippen LogP contribution in [-0.2, 0) is 6.42 Å². The van der Waals surface area contributed by atoms with Crippen LogP contribution in [0.25, 0.3) is 0 Å². The van der Waals surface area contributed by atoms with Gasteiger partial charge in [0.25, 0.3) is 0 Å². The fraction of sp³-hybridized carbons (Fsp3) is 0.389. The quantitative estimate of drug-likeness (QED) is 0.375. The summed E-state index contributed by atoms with van der Waals surface area (Å²) in [5.41, 5.74) is 2.62. The average Bonchev–Trinajstić information content (AvgIpc) is 3.12. The van der Waals surface area contributed by atoms with E-state index in [-0.39, 0.29) is 24.0 Å². The van der Waals surface area contributed by atoms with E-state index in [0.717, 1.165) is 31.2 Å². The highest BCUT2D eigenvalue weighted by molar-refractivity contribution is 14.0. The first-order valence-electron chi connectivity index (χ1n) is 7.82. The molecule has 0 spiro atoms. The van der Waals surface area contributed by atoms with E-state index >= 15 is 0 Å². The van der Waals surface area contributed by atoms with Crippen LogP contribution < -0.4 is 15.4 Å². The summed E-state index contributed by atoms with van der Waals surface area (Å²) < 4.78 is 5.25. The maximum Gasteiger partial charge on any atom is 0.191 e. The van der Waals surface area contributed by atoms with Crippen LogP contribution in [0.15, 0.2) is 46.1 Å². The molecule has 1 unspecified atom stereocenters. The molecule has 0 aliphatic carbocycles. The van der Waals surface area contributed by atoms with Crippen molar-refractivity contribution in [3.05, 3.63) is 52.2 Å². The molecule has 0 saturated carbocycles. The third-order valence-corrected chi connectivity index (χ3v) is 4.45. The van der Waals surface area contributed by atoms with Crippen LogP contribution in [0.1, 0.15) is 24.0 Å². The smallest absolute Gasteiger partial charge is 0.191 e. The summed E-state index contributed by atoms with van der Waals surface area (Å²) >= 11 is 1.74. The van der Waals surface area contributed by atoms with E-state index in [9.17, 15) is 0 Å². The molecule has 0 amide bonds. The van der Waals surface area contributed by atoms with Gasteiger partial charge in [0.2, 0.25) is 0 Å². The Hall–Kier alpha value is -1.28. The number of guanidine groups is 1. The number of thiophene rings is 1. The van der Waals surface area contributed by atoms with E-state index < -0.39 is 0 Å². The first-order chi connectivity index (χ1) is 11.2. The molecule has 6 heteroatoms. The summed E-state index contributed by atoms with van der Waals surface area (Å²) in [4.78, 5) is 4.28. The van der Waals surface area contributed by atoms with Gasteiger partial charge in [-0.05, 0) is 52.4 Å². The van der Waals surface area contributed by atoms with Crippen molar-refractivity contribution in [1.29, 1.82) is 0 Å². The van der Waals surface area contributed by atoms with Gasteiger partial charge in [-0.25, -0.2) is 0 Å². The second-order valence-electron chi connectivity index (χ2n) is 5.44. The second-order valence-corrected chi connectivity index (χ2v) is 6.22. The molecule has 2 aromatic rings. The molecule has 1 atom stereocenters. The van der Waals surface area contributed by atoms with Crippen molar-refractivity contribution < 1.29 is 4.74 Å². The highest BCUT2D eigenvalue weighted by Gasteiger charge is 2.06. The molecule has 1 aromatic heterocycles. The van der Waals surface area contributed by atoms with Gasteiger partial charge in [0.15, 0.2) is 5.96 Å². The van der Waals surface area contributed by atoms with Gasteiger partial charge in [-0.2, -0.15) is 11.3 Å². The monoisotopic (exact) mass is 459 g/mol. The van der Waals surface area contributed by atoms with Crippen LogP contribution in [0.5, 0.6) is 5.75 Å². The summed E-state index contributed by atoms with van der Waals surface area (Å²) in [6, 6.07) is 10.3. The zero-order chi connectivity index (χ0) is 16.5. The van der Waals surface area contributed by atoms with E-state index in [0.29, 0.717) is 5.92 Å². The fourth-order valence-corrected chi connectivity index (χ4v) is 3.08. The van der Waals surface area contributed by atoms with Crippen molar-refractivity contribution in [2.45, 2.75) is 19.3 Å². The Morgan fingerprint density at radius 1 is 1.29 bits per heavy atom. The Morgan fingerprint density at radius 2 is 2.12 bits per heavy atom. The number of methoxy groups -OCH3 is 1. The Morgan fingerprint density at radius 3 is 2.79 bits per heavy atom. The van der Waals surface area contributed by atoms with E-state index in [1.807, 2.05) is 12.1 Å². The van der Waals surface area contributed by atoms with Crippen molar-refractivity contribution in [2.24, 2.45) is 4.99 Å². The Bertz CT molecular complexity index is 616. The normalized spacial score (nSPS) is 12.2. The molecular formula is C18H26IN3OS. The number of hydrogen-bond donors (Lipinski definition) is 2. The first-order valence-corrected chi connectivity index (χ1v) is 8.76. The summed E-state index contributed by atoms with van der Waals surface area (Å²) in [7, 11) is 3.49. The summed E-state index contributed by atoms with van der Waals surface area (Å²) in [6.45, 7) is 3.92. The Kier molecular flexibility index (Phi) is 9.78. The minimum Gasteiger partial charge on any atom is -0.497 e. The number of benzene rings is 1. The lowest BCUT2D eigenvalue weighted by Crippen LogP contribution is -2.39. The number of ether oxygens (including phenoxy) is 1. The van der Waals surface area contributed by atoms with E-state index in [1.54, 1.807) is 25.5 Å². The zero-order valence-electron chi connectivity index (χ0n) is 14.4. The van der Waals surface area contributed by atoms with Crippen LogP contribution in [0.2, 0.25) is 0 Å². The third-order valence-electron chi connectivity index (χ3n) is 3.75.